The number of hydrogen-bond donors (Lipinski definition) is 0. The van der Waals surface area contributed by atoms with Gasteiger partial charge < -0.3 is 18.9 Å². The molecule has 0 N–H and O–H groups in total. The van der Waals surface area contributed by atoms with Gasteiger partial charge in [0.2, 0.25) is 0 Å². The summed E-state index contributed by atoms with van der Waals surface area (Å²) in [5.41, 5.74) is -1.25. The average molecular weight is 1090 g/mol. The molecule has 0 fully saturated rings. The van der Waals surface area contributed by atoms with Gasteiger partial charge in [0.05, 0.1) is 23.7 Å². The van der Waals surface area contributed by atoms with E-state index in [2.05, 4.69) is 27.7 Å². The van der Waals surface area contributed by atoms with Crippen LogP contribution in [0.15, 0.2) is 0 Å². The highest BCUT2D eigenvalue weighted by Crippen LogP contribution is 2.27. The average Bonchev–Trinajstić information content (AvgIpc) is 3.43. The molecule has 8 heteroatoms. The topological polar surface area (TPSA) is 105 Å². The number of carbonyl (C=O) groups excluding carboxylic acids is 4. The normalized spacial score (nSPS) is 13.9. The molecule has 0 aliphatic rings. The standard InChI is InChI=1S/C69H132O8/c1-9-13-17-21-25-29-33-37-41-45-49-53-61(5)65(70)74-57-69(58-75-66(71)62(6)54-50-46-42-38-34-30-26-22-18-14-10-2,59-76-67(72)63(7)55-51-47-43-39-35-31-27-23-19-15-11-3)60-77-68(73)64(8)56-52-48-44-40-36-32-28-24-20-16-12-4/h61-64H,9-60H2,1-8H3. The molecule has 4 unspecified atom stereocenters. The van der Waals surface area contributed by atoms with E-state index < -0.39 is 5.41 Å². The van der Waals surface area contributed by atoms with Gasteiger partial charge in [-0.25, -0.2) is 0 Å². The van der Waals surface area contributed by atoms with Crippen LogP contribution in [0, 0.1) is 29.1 Å². The highest BCUT2D eigenvalue weighted by Gasteiger charge is 2.39. The fourth-order valence-corrected chi connectivity index (χ4v) is 10.6. The van der Waals surface area contributed by atoms with Gasteiger partial charge in [-0.05, 0) is 25.7 Å². The zero-order valence-corrected chi connectivity index (χ0v) is 52.8. The molecule has 0 rings (SSSR count). The molecule has 0 aromatic rings. The maximum absolute atomic E-state index is 13.7. The lowest BCUT2D eigenvalue weighted by Crippen LogP contribution is -2.45. The molecule has 456 valence electrons. The summed E-state index contributed by atoms with van der Waals surface area (Å²) in [6.07, 6.45) is 57.7. The number of ether oxygens (including phenoxy) is 4. The number of esters is 4. The molecule has 0 heterocycles. The van der Waals surface area contributed by atoms with Crippen molar-refractivity contribution in [2.75, 3.05) is 26.4 Å². The Morgan fingerprint density at radius 2 is 0.364 bits per heavy atom. The van der Waals surface area contributed by atoms with Crippen LogP contribution in [0.5, 0.6) is 0 Å². The van der Waals surface area contributed by atoms with Crippen LogP contribution in [0.3, 0.4) is 0 Å². The highest BCUT2D eigenvalue weighted by molar-refractivity contribution is 5.73. The molecule has 0 amide bonds. The summed E-state index contributed by atoms with van der Waals surface area (Å²) in [5.74, 6) is -2.59. The second-order valence-corrected chi connectivity index (χ2v) is 24.8. The Bertz CT molecular complexity index is 1120. The summed E-state index contributed by atoms with van der Waals surface area (Å²) >= 11 is 0. The van der Waals surface area contributed by atoms with Crippen molar-refractivity contribution < 1.29 is 38.1 Å². The predicted molar refractivity (Wildman–Crippen MR) is 327 cm³/mol. The van der Waals surface area contributed by atoms with E-state index >= 15 is 0 Å². The number of carbonyl (C=O) groups is 4. The van der Waals surface area contributed by atoms with E-state index in [0.29, 0.717) is 0 Å². The Morgan fingerprint density at radius 1 is 0.234 bits per heavy atom. The molecule has 0 bridgehead atoms. The van der Waals surface area contributed by atoms with Crippen LogP contribution >= 0.6 is 0 Å². The second-order valence-electron chi connectivity index (χ2n) is 24.8. The van der Waals surface area contributed by atoms with E-state index in [0.717, 1.165) is 77.0 Å². The molecule has 0 saturated heterocycles. The van der Waals surface area contributed by atoms with Crippen LogP contribution in [0.4, 0.5) is 0 Å². The summed E-state index contributed by atoms with van der Waals surface area (Å²) in [4.78, 5) is 55.0. The summed E-state index contributed by atoms with van der Waals surface area (Å²) in [7, 11) is 0. The zero-order chi connectivity index (χ0) is 56.7. The maximum Gasteiger partial charge on any atom is 0.308 e. The second kappa shape index (κ2) is 55.8. The molecule has 0 aliphatic carbocycles. The Labute approximate surface area is 479 Å². The molecule has 0 saturated carbocycles. The van der Waals surface area contributed by atoms with Gasteiger partial charge in [-0.2, -0.15) is 0 Å². The Kier molecular flexibility index (Phi) is 54.2. The lowest BCUT2D eigenvalue weighted by molar-refractivity contribution is -0.175. The number of unbranched alkanes of at least 4 members (excludes halogenated alkanes) is 40. The van der Waals surface area contributed by atoms with Crippen LogP contribution in [-0.4, -0.2) is 50.3 Å². The van der Waals surface area contributed by atoms with Gasteiger partial charge in [-0.1, -0.05) is 338 Å². The maximum atomic E-state index is 13.7. The van der Waals surface area contributed by atoms with Gasteiger partial charge in [0.1, 0.15) is 31.8 Å². The first-order valence-corrected chi connectivity index (χ1v) is 34.1. The number of hydrogen-bond acceptors (Lipinski definition) is 8. The monoisotopic (exact) mass is 1090 g/mol. The molecule has 0 aromatic carbocycles. The Hall–Kier alpha value is -2.12. The van der Waals surface area contributed by atoms with Crippen molar-refractivity contribution in [3.05, 3.63) is 0 Å². The minimum atomic E-state index is -1.25. The van der Waals surface area contributed by atoms with Gasteiger partial charge >= 0.3 is 23.9 Å². The van der Waals surface area contributed by atoms with Crippen molar-refractivity contribution in [1.82, 2.24) is 0 Å². The predicted octanol–water partition coefficient (Wildman–Crippen LogP) is 21.5. The SMILES string of the molecule is CCCCCCCCCCCCCC(C)C(=O)OCC(COC(=O)C(C)CCCCCCCCCCCCC)(COC(=O)C(C)CCCCCCCCCCCCC)COC(=O)C(C)CCCCCCCCCCCCC. The van der Waals surface area contributed by atoms with Crippen molar-refractivity contribution in [1.29, 1.82) is 0 Å². The molecular formula is C69H132O8. The molecule has 4 atom stereocenters. The molecule has 77 heavy (non-hydrogen) atoms. The summed E-state index contributed by atoms with van der Waals surface area (Å²) in [6, 6.07) is 0. The third-order valence-corrected chi connectivity index (χ3v) is 16.7. The summed E-state index contributed by atoms with van der Waals surface area (Å²) in [5, 5.41) is 0. The highest BCUT2D eigenvalue weighted by atomic mass is 16.6. The lowest BCUT2D eigenvalue weighted by atomic mass is 9.91. The van der Waals surface area contributed by atoms with Crippen LogP contribution in [0.2, 0.25) is 0 Å². The Balaban J connectivity index is 5.86. The van der Waals surface area contributed by atoms with E-state index in [1.165, 1.54) is 231 Å². The molecule has 0 aromatic heterocycles. The first-order chi connectivity index (χ1) is 37.5. The minimum absolute atomic E-state index is 0.185. The van der Waals surface area contributed by atoms with Crippen LogP contribution in [-0.2, 0) is 38.1 Å². The van der Waals surface area contributed by atoms with Crippen molar-refractivity contribution >= 4 is 23.9 Å². The van der Waals surface area contributed by atoms with Gasteiger partial charge in [-0.15, -0.1) is 0 Å². The molecule has 0 aliphatic heterocycles. The third kappa shape index (κ3) is 47.3. The van der Waals surface area contributed by atoms with Gasteiger partial charge in [0.15, 0.2) is 0 Å². The fraction of sp³-hybridized carbons (Fsp3) is 0.942. The summed E-state index contributed by atoms with van der Waals surface area (Å²) < 4.78 is 24.5. The summed E-state index contributed by atoms with van der Waals surface area (Å²) in [6.45, 7) is 16.0. The zero-order valence-electron chi connectivity index (χ0n) is 52.8. The van der Waals surface area contributed by atoms with Gasteiger partial charge in [0, 0.05) is 0 Å². The van der Waals surface area contributed by atoms with Gasteiger partial charge in [0.25, 0.3) is 0 Å². The molecule has 8 nitrogen and oxygen atoms in total. The fourth-order valence-electron chi connectivity index (χ4n) is 10.6. The minimum Gasteiger partial charge on any atom is -0.464 e. The van der Waals surface area contributed by atoms with E-state index in [1.807, 2.05) is 27.7 Å². The van der Waals surface area contributed by atoms with E-state index in [4.69, 9.17) is 18.9 Å². The quantitative estimate of drug-likeness (QED) is 0.0337. The van der Waals surface area contributed by atoms with Crippen molar-refractivity contribution in [3.8, 4) is 0 Å². The lowest BCUT2D eigenvalue weighted by Gasteiger charge is -2.33. The van der Waals surface area contributed by atoms with Crippen molar-refractivity contribution in [2.45, 2.75) is 364 Å². The smallest absolute Gasteiger partial charge is 0.308 e. The molecule has 0 spiro atoms. The van der Waals surface area contributed by atoms with Crippen LogP contribution in [0.25, 0.3) is 0 Å². The third-order valence-electron chi connectivity index (χ3n) is 16.7. The van der Waals surface area contributed by atoms with E-state index in [-0.39, 0.29) is 74.0 Å². The Morgan fingerprint density at radius 3 is 0.506 bits per heavy atom. The number of rotatable bonds is 60. The van der Waals surface area contributed by atoms with Crippen LogP contribution < -0.4 is 0 Å². The van der Waals surface area contributed by atoms with E-state index in [9.17, 15) is 19.2 Å². The first-order valence-electron chi connectivity index (χ1n) is 34.1. The van der Waals surface area contributed by atoms with E-state index in [1.54, 1.807) is 0 Å². The first kappa shape index (κ1) is 74.9. The molecule has 0 radical (unpaired) electrons. The van der Waals surface area contributed by atoms with Crippen molar-refractivity contribution in [2.24, 2.45) is 29.1 Å². The van der Waals surface area contributed by atoms with Gasteiger partial charge in [-0.3, -0.25) is 19.2 Å². The van der Waals surface area contributed by atoms with Crippen LogP contribution in [0.1, 0.15) is 364 Å². The molecular weight excluding hydrogens is 957 g/mol. The largest absolute Gasteiger partial charge is 0.464 e. The van der Waals surface area contributed by atoms with Crippen molar-refractivity contribution in [3.63, 3.8) is 0 Å².